The molecule has 0 aromatic heterocycles. The molecule has 0 fully saturated rings. The zero-order valence-electron chi connectivity index (χ0n) is 13.9. The summed E-state index contributed by atoms with van der Waals surface area (Å²) in [6.45, 7) is 2.66. The molecule has 0 spiro atoms. The third kappa shape index (κ3) is 7.88. The molecule has 0 saturated heterocycles. The van der Waals surface area contributed by atoms with Gasteiger partial charge in [0, 0.05) is 27.7 Å². The summed E-state index contributed by atoms with van der Waals surface area (Å²) in [4.78, 5) is 45.0. The molecule has 24 heavy (non-hydrogen) atoms. The first kappa shape index (κ1) is 21.8. The fraction of sp³-hybridized carbons (Fsp3) is 0.714. The van der Waals surface area contributed by atoms with Crippen LogP contribution in [0.15, 0.2) is 0 Å². The minimum absolute atomic E-state index is 0.770. The molecule has 0 bridgehead atoms. The summed E-state index contributed by atoms with van der Waals surface area (Å²) < 4.78 is 19.6. The van der Waals surface area contributed by atoms with Crippen molar-refractivity contribution in [3.63, 3.8) is 0 Å². The lowest BCUT2D eigenvalue weighted by Gasteiger charge is -2.34. The van der Waals surface area contributed by atoms with Gasteiger partial charge in [-0.15, -0.1) is 0 Å². The number of ether oxygens (including phenoxy) is 4. The molecule has 10 heteroatoms. The Morgan fingerprint density at radius 3 is 1.04 bits per heavy atom. The lowest BCUT2D eigenvalue weighted by atomic mass is 10.0. The number of carbonyl (C=O) groups excluding carboxylic acids is 4. The Labute approximate surface area is 138 Å². The van der Waals surface area contributed by atoms with E-state index in [9.17, 15) is 29.4 Å². The van der Waals surface area contributed by atoms with E-state index >= 15 is 0 Å². The summed E-state index contributed by atoms with van der Waals surface area (Å²) in [5, 5.41) is 18.8. The van der Waals surface area contributed by atoms with Crippen LogP contribution in [0, 0.1) is 0 Å². The Hall–Kier alpha value is -2.20. The summed E-state index contributed by atoms with van der Waals surface area (Å²) >= 11 is 0. The highest BCUT2D eigenvalue weighted by Crippen LogP contribution is 2.19. The number of hydrogen-bond donors (Lipinski definition) is 2. The maximum atomic E-state index is 11.3. The number of rotatable bonds is 9. The third-order valence-corrected chi connectivity index (χ3v) is 2.66. The van der Waals surface area contributed by atoms with Gasteiger partial charge in [0.05, 0.1) is 13.2 Å². The molecule has 0 aliphatic heterocycles. The van der Waals surface area contributed by atoms with Crippen molar-refractivity contribution in [1.29, 1.82) is 0 Å². The number of aliphatic hydroxyl groups excluding tert-OH is 2. The molecule has 10 nitrogen and oxygen atoms in total. The first-order chi connectivity index (χ1) is 11.1. The molecule has 0 radical (unpaired) electrons. The van der Waals surface area contributed by atoms with Crippen LogP contribution < -0.4 is 0 Å². The van der Waals surface area contributed by atoms with Gasteiger partial charge in [-0.25, -0.2) is 0 Å². The average Bonchev–Trinajstić information content (AvgIpc) is 2.45. The summed E-state index contributed by atoms with van der Waals surface area (Å²) in [6.07, 6.45) is -5.81. The van der Waals surface area contributed by atoms with E-state index in [0.29, 0.717) is 0 Å². The molecule has 0 aliphatic carbocycles. The van der Waals surface area contributed by atoms with Crippen LogP contribution >= 0.6 is 0 Å². The molecule has 0 unspecified atom stereocenters. The van der Waals surface area contributed by atoms with Crippen LogP contribution in [-0.4, -0.2) is 71.7 Å². The summed E-state index contributed by atoms with van der Waals surface area (Å²) in [7, 11) is 0. The van der Waals surface area contributed by atoms with Gasteiger partial charge in [0.15, 0.2) is 24.4 Å². The van der Waals surface area contributed by atoms with Gasteiger partial charge in [-0.2, -0.15) is 0 Å². The average molecular weight is 350 g/mol. The van der Waals surface area contributed by atoms with Gasteiger partial charge in [-0.3, -0.25) is 19.2 Å². The second kappa shape index (κ2) is 10.6. The molecule has 0 aliphatic rings. The van der Waals surface area contributed by atoms with Crippen LogP contribution in [0.5, 0.6) is 0 Å². The van der Waals surface area contributed by atoms with E-state index in [1.54, 1.807) is 0 Å². The number of aliphatic hydroxyl groups is 2. The van der Waals surface area contributed by atoms with Crippen molar-refractivity contribution in [1.82, 2.24) is 0 Å². The van der Waals surface area contributed by atoms with E-state index in [0.717, 1.165) is 27.7 Å². The zero-order chi connectivity index (χ0) is 18.9. The Morgan fingerprint density at radius 1 is 0.625 bits per heavy atom. The standard InChI is InChI=1S/C14H22O10/c1-7(17)21-11(5-15)13(23-9(3)19)14(24-10(4)20)12(6-16)22-8(2)18/h11-16H,5-6H2,1-4H3/t11-,12-,13-,14-/m1/s1. The Kier molecular flexibility index (Phi) is 9.58. The van der Waals surface area contributed by atoms with Crippen molar-refractivity contribution in [2.45, 2.75) is 52.1 Å². The summed E-state index contributed by atoms with van der Waals surface area (Å²) in [5.74, 6) is -3.24. The minimum Gasteiger partial charge on any atom is -0.456 e. The Morgan fingerprint density at radius 2 is 0.875 bits per heavy atom. The van der Waals surface area contributed by atoms with E-state index in [1.807, 2.05) is 0 Å². The molecule has 4 atom stereocenters. The molecular formula is C14H22O10. The van der Waals surface area contributed by atoms with Crippen molar-refractivity contribution >= 4 is 23.9 Å². The fourth-order valence-corrected chi connectivity index (χ4v) is 1.94. The maximum absolute atomic E-state index is 11.3. The number of esters is 4. The number of hydrogen-bond acceptors (Lipinski definition) is 10. The van der Waals surface area contributed by atoms with Crippen molar-refractivity contribution in [3.8, 4) is 0 Å². The maximum Gasteiger partial charge on any atom is 0.303 e. The van der Waals surface area contributed by atoms with Gasteiger partial charge in [-0.1, -0.05) is 0 Å². The van der Waals surface area contributed by atoms with Crippen LogP contribution in [0.2, 0.25) is 0 Å². The summed E-state index contributed by atoms with van der Waals surface area (Å²) in [5.41, 5.74) is 0. The van der Waals surface area contributed by atoms with Crippen molar-refractivity contribution in [3.05, 3.63) is 0 Å². The van der Waals surface area contributed by atoms with Gasteiger partial charge in [0.25, 0.3) is 0 Å². The fourth-order valence-electron chi connectivity index (χ4n) is 1.94. The normalized spacial score (nSPS) is 15.4. The van der Waals surface area contributed by atoms with E-state index in [-0.39, 0.29) is 0 Å². The van der Waals surface area contributed by atoms with E-state index in [2.05, 4.69) is 0 Å². The lowest BCUT2D eigenvalue weighted by Crippen LogP contribution is -2.53. The molecule has 0 rings (SSSR count). The third-order valence-electron chi connectivity index (χ3n) is 2.66. The van der Waals surface area contributed by atoms with Gasteiger partial charge in [0.1, 0.15) is 0 Å². The smallest absolute Gasteiger partial charge is 0.303 e. The molecule has 0 saturated carbocycles. The Bertz CT molecular complexity index is 418. The van der Waals surface area contributed by atoms with Crippen LogP contribution in [0.4, 0.5) is 0 Å². The predicted molar refractivity (Wildman–Crippen MR) is 76.4 cm³/mol. The predicted octanol–water partition coefficient (Wildman–Crippen LogP) is -1.30. The molecule has 138 valence electrons. The van der Waals surface area contributed by atoms with Crippen LogP contribution in [0.25, 0.3) is 0 Å². The second-order valence-electron chi connectivity index (χ2n) is 4.81. The topological polar surface area (TPSA) is 146 Å². The largest absolute Gasteiger partial charge is 0.456 e. The SMILES string of the molecule is CC(=O)O[C@@H]([C@H](OC(C)=O)[C@@H](CO)OC(C)=O)[C@@H](CO)OC(C)=O. The van der Waals surface area contributed by atoms with Crippen molar-refractivity contribution in [2.75, 3.05) is 13.2 Å². The van der Waals surface area contributed by atoms with Crippen LogP contribution in [0.1, 0.15) is 27.7 Å². The second-order valence-corrected chi connectivity index (χ2v) is 4.81. The highest BCUT2D eigenvalue weighted by atomic mass is 16.6. The van der Waals surface area contributed by atoms with E-state index in [1.165, 1.54) is 0 Å². The quantitative estimate of drug-likeness (QED) is 0.380. The molecule has 2 N–H and O–H groups in total. The van der Waals surface area contributed by atoms with Crippen LogP contribution in [0.3, 0.4) is 0 Å². The Balaban J connectivity index is 5.74. The highest BCUT2D eigenvalue weighted by molar-refractivity contribution is 5.69. The zero-order valence-corrected chi connectivity index (χ0v) is 13.9. The molecule has 0 aromatic carbocycles. The highest BCUT2D eigenvalue weighted by Gasteiger charge is 2.42. The monoisotopic (exact) mass is 350 g/mol. The minimum atomic E-state index is -1.50. The molecule has 0 amide bonds. The van der Waals surface area contributed by atoms with Crippen LogP contribution in [-0.2, 0) is 38.1 Å². The molecule has 0 heterocycles. The van der Waals surface area contributed by atoms with Crippen molar-refractivity contribution in [2.24, 2.45) is 0 Å². The van der Waals surface area contributed by atoms with E-state index in [4.69, 9.17) is 18.9 Å². The first-order valence-electron chi connectivity index (χ1n) is 7.02. The molecular weight excluding hydrogens is 328 g/mol. The van der Waals surface area contributed by atoms with Crippen molar-refractivity contribution < 1.29 is 48.3 Å². The van der Waals surface area contributed by atoms with Gasteiger partial charge in [-0.05, 0) is 0 Å². The first-order valence-corrected chi connectivity index (χ1v) is 7.02. The number of carbonyl (C=O) groups is 4. The van der Waals surface area contributed by atoms with Gasteiger partial charge in [0.2, 0.25) is 0 Å². The summed E-state index contributed by atoms with van der Waals surface area (Å²) in [6, 6.07) is 0. The van der Waals surface area contributed by atoms with Gasteiger partial charge >= 0.3 is 23.9 Å². The molecule has 0 aromatic rings. The van der Waals surface area contributed by atoms with Gasteiger partial charge < -0.3 is 29.2 Å². The van der Waals surface area contributed by atoms with E-state index < -0.39 is 61.5 Å². The lowest BCUT2D eigenvalue weighted by molar-refractivity contribution is -0.203.